The van der Waals surface area contributed by atoms with Gasteiger partial charge in [0.2, 0.25) is 5.82 Å². The molecule has 39 heavy (non-hydrogen) atoms. The zero-order chi connectivity index (χ0) is 28.4. The molecule has 0 aliphatic heterocycles. The summed E-state index contributed by atoms with van der Waals surface area (Å²) in [5.74, 6) is -2.58. The highest BCUT2D eigenvalue weighted by atomic mass is 19.4. The minimum absolute atomic E-state index is 0.0217. The first-order chi connectivity index (χ1) is 18.3. The first-order valence-electron chi connectivity index (χ1n) is 11.7. The predicted molar refractivity (Wildman–Crippen MR) is 131 cm³/mol. The lowest BCUT2D eigenvalue weighted by atomic mass is 10.0. The third kappa shape index (κ3) is 6.30. The van der Waals surface area contributed by atoms with Crippen LogP contribution in [0.4, 0.5) is 23.2 Å². The SMILES string of the molecule is CC(C)(C)NC(=O)[C@@H](c1ccco1)N(C(=O)Cn1nnc(-c2ccccc2F)n1)c1ccccc1C(F)(F)F. The second kappa shape index (κ2) is 10.7. The van der Waals surface area contributed by atoms with Gasteiger partial charge in [-0.05, 0) is 62.4 Å². The Balaban J connectivity index is 1.80. The van der Waals surface area contributed by atoms with Gasteiger partial charge in [-0.3, -0.25) is 14.5 Å². The summed E-state index contributed by atoms with van der Waals surface area (Å²) in [5, 5.41) is 14.2. The first-order valence-corrected chi connectivity index (χ1v) is 11.7. The Morgan fingerprint density at radius 1 is 1.03 bits per heavy atom. The van der Waals surface area contributed by atoms with Gasteiger partial charge in [-0.25, -0.2) is 4.39 Å². The molecule has 4 aromatic rings. The number of hydrogen-bond donors (Lipinski definition) is 1. The van der Waals surface area contributed by atoms with E-state index in [2.05, 4.69) is 20.7 Å². The van der Waals surface area contributed by atoms with Gasteiger partial charge in [0.25, 0.3) is 11.8 Å². The van der Waals surface area contributed by atoms with Crippen LogP contribution >= 0.6 is 0 Å². The smallest absolute Gasteiger partial charge is 0.418 e. The Bertz CT molecular complexity index is 1460. The van der Waals surface area contributed by atoms with E-state index in [9.17, 15) is 27.2 Å². The number of tetrazole rings is 1. The van der Waals surface area contributed by atoms with Crippen LogP contribution in [0.3, 0.4) is 0 Å². The highest BCUT2D eigenvalue weighted by Gasteiger charge is 2.42. The number of anilines is 1. The Labute approximate surface area is 220 Å². The van der Waals surface area contributed by atoms with Crippen LogP contribution < -0.4 is 10.2 Å². The number of nitrogens with zero attached hydrogens (tertiary/aromatic N) is 5. The van der Waals surface area contributed by atoms with Crippen molar-refractivity contribution in [2.75, 3.05) is 4.90 Å². The maximum absolute atomic E-state index is 14.2. The van der Waals surface area contributed by atoms with Crippen LogP contribution in [0.15, 0.2) is 71.3 Å². The molecule has 2 amide bonds. The van der Waals surface area contributed by atoms with E-state index in [-0.39, 0.29) is 17.1 Å². The van der Waals surface area contributed by atoms with Crippen LogP contribution in [0, 0.1) is 5.82 Å². The fourth-order valence-corrected chi connectivity index (χ4v) is 3.86. The summed E-state index contributed by atoms with van der Waals surface area (Å²) in [5.41, 5.74) is -2.48. The number of amides is 2. The van der Waals surface area contributed by atoms with Crippen molar-refractivity contribution >= 4 is 17.5 Å². The normalized spacial score (nSPS) is 12.7. The summed E-state index contributed by atoms with van der Waals surface area (Å²) in [6.45, 7) is 4.34. The predicted octanol–water partition coefficient (Wildman–Crippen LogP) is 4.78. The molecule has 0 aliphatic rings. The molecule has 2 heterocycles. The number of halogens is 4. The van der Waals surface area contributed by atoms with Gasteiger partial charge in [-0.2, -0.15) is 18.0 Å². The molecule has 0 spiro atoms. The molecule has 0 aliphatic carbocycles. The molecule has 204 valence electrons. The molecule has 1 atom stereocenters. The lowest BCUT2D eigenvalue weighted by Crippen LogP contribution is -2.50. The Morgan fingerprint density at radius 2 is 1.72 bits per heavy atom. The number of benzene rings is 2. The van der Waals surface area contributed by atoms with Crippen LogP contribution in [-0.4, -0.2) is 37.6 Å². The number of alkyl halides is 3. The van der Waals surface area contributed by atoms with Gasteiger partial charge in [0, 0.05) is 5.54 Å². The minimum Gasteiger partial charge on any atom is -0.467 e. The summed E-state index contributed by atoms with van der Waals surface area (Å²) >= 11 is 0. The zero-order valence-corrected chi connectivity index (χ0v) is 21.1. The number of rotatable bonds is 7. The molecule has 0 radical (unpaired) electrons. The number of furan rings is 1. The molecule has 4 rings (SSSR count). The van der Waals surface area contributed by atoms with Crippen molar-refractivity contribution in [3.8, 4) is 11.4 Å². The van der Waals surface area contributed by atoms with Crippen molar-refractivity contribution in [2.24, 2.45) is 0 Å². The monoisotopic (exact) mass is 544 g/mol. The largest absolute Gasteiger partial charge is 0.467 e. The van der Waals surface area contributed by atoms with E-state index in [0.29, 0.717) is 4.90 Å². The van der Waals surface area contributed by atoms with Crippen molar-refractivity contribution in [3.63, 3.8) is 0 Å². The van der Waals surface area contributed by atoms with E-state index in [0.717, 1.165) is 16.9 Å². The van der Waals surface area contributed by atoms with Crippen LogP contribution in [0.2, 0.25) is 0 Å². The van der Waals surface area contributed by atoms with Crippen molar-refractivity contribution in [3.05, 3.63) is 84.1 Å². The van der Waals surface area contributed by atoms with Crippen LogP contribution in [0.25, 0.3) is 11.4 Å². The molecular weight excluding hydrogens is 520 g/mol. The second-order valence-electron chi connectivity index (χ2n) is 9.56. The second-order valence-corrected chi connectivity index (χ2v) is 9.56. The van der Waals surface area contributed by atoms with E-state index in [1.165, 1.54) is 48.7 Å². The standard InChI is InChI=1S/C26H24F4N6O3/c1-25(2,3)31-24(38)22(20-13-8-14-39-20)36(19-12-7-5-10-17(19)26(28,29)30)21(37)15-35-33-23(32-34-35)16-9-4-6-11-18(16)27/h4-14,22H,15H2,1-3H3,(H,31,38)/t22-/m1/s1. The maximum atomic E-state index is 14.2. The summed E-state index contributed by atoms with van der Waals surface area (Å²) < 4.78 is 61.8. The molecular formula is C26H24F4N6O3. The Morgan fingerprint density at radius 3 is 2.36 bits per heavy atom. The number of para-hydroxylation sites is 1. The van der Waals surface area contributed by atoms with Crippen LogP contribution in [0.5, 0.6) is 0 Å². The third-order valence-corrected chi connectivity index (χ3v) is 5.40. The number of carbonyl (C=O) groups excluding carboxylic acids is 2. The average molecular weight is 545 g/mol. The number of hydrogen-bond acceptors (Lipinski definition) is 6. The van der Waals surface area contributed by atoms with Gasteiger partial charge in [0.15, 0.2) is 6.04 Å². The fraction of sp³-hybridized carbons (Fsp3) is 0.269. The Kier molecular flexibility index (Phi) is 7.52. The van der Waals surface area contributed by atoms with E-state index >= 15 is 0 Å². The van der Waals surface area contributed by atoms with Gasteiger partial charge in [0.1, 0.15) is 18.1 Å². The quantitative estimate of drug-likeness (QED) is 0.336. The van der Waals surface area contributed by atoms with E-state index in [1.807, 2.05) is 0 Å². The highest BCUT2D eigenvalue weighted by molar-refractivity contribution is 6.01. The molecule has 2 aromatic heterocycles. The number of nitrogens with one attached hydrogen (secondary N) is 1. The van der Waals surface area contributed by atoms with Crippen molar-refractivity contribution in [1.82, 2.24) is 25.5 Å². The minimum atomic E-state index is -4.85. The molecule has 1 N–H and O–H groups in total. The molecule has 0 bridgehead atoms. The van der Waals surface area contributed by atoms with Crippen LogP contribution in [-0.2, 0) is 22.3 Å². The topological polar surface area (TPSA) is 106 Å². The molecule has 0 fully saturated rings. The van der Waals surface area contributed by atoms with Gasteiger partial charge < -0.3 is 9.73 Å². The average Bonchev–Trinajstić information content (AvgIpc) is 3.53. The molecule has 0 saturated carbocycles. The number of aromatic nitrogens is 4. The lowest BCUT2D eigenvalue weighted by Gasteiger charge is -2.33. The Hall–Kier alpha value is -4.55. The summed E-state index contributed by atoms with van der Waals surface area (Å²) in [6.07, 6.45) is -3.61. The number of carbonyl (C=O) groups is 2. The molecule has 0 unspecified atom stereocenters. The van der Waals surface area contributed by atoms with Gasteiger partial charge in [-0.15, -0.1) is 10.2 Å². The lowest BCUT2D eigenvalue weighted by molar-refractivity contribution is -0.137. The van der Waals surface area contributed by atoms with Crippen LogP contribution in [0.1, 0.15) is 38.1 Å². The molecule has 13 heteroatoms. The van der Waals surface area contributed by atoms with E-state index in [4.69, 9.17) is 4.42 Å². The van der Waals surface area contributed by atoms with Crippen molar-refractivity contribution < 1.29 is 31.6 Å². The molecule has 9 nitrogen and oxygen atoms in total. The first kappa shape index (κ1) is 27.5. The fourth-order valence-electron chi connectivity index (χ4n) is 3.86. The van der Waals surface area contributed by atoms with Gasteiger partial charge >= 0.3 is 6.18 Å². The van der Waals surface area contributed by atoms with Crippen molar-refractivity contribution in [2.45, 2.75) is 45.1 Å². The maximum Gasteiger partial charge on any atom is 0.418 e. The summed E-state index contributed by atoms with van der Waals surface area (Å²) in [6, 6.07) is 11.2. The summed E-state index contributed by atoms with van der Waals surface area (Å²) in [7, 11) is 0. The van der Waals surface area contributed by atoms with Crippen molar-refractivity contribution in [1.29, 1.82) is 0 Å². The zero-order valence-electron chi connectivity index (χ0n) is 21.1. The third-order valence-electron chi connectivity index (χ3n) is 5.40. The van der Waals surface area contributed by atoms with Gasteiger partial charge in [0.05, 0.1) is 23.1 Å². The van der Waals surface area contributed by atoms with E-state index < -0.39 is 53.2 Å². The molecule has 0 saturated heterocycles. The molecule has 2 aromatic carbocycles. The van der Waals surface area contributed by atoms with E-state index in [1.54, 1.807) is 26.8 Å². The highest BCUT2D eigenvalue weighted by Crippen LogP contribution is 2.40. The summed E-state index contributed by atoms with van der Waals surface area (Å²) in [4.78, 5) is 28.7. The van der Waals surface area contributed by atoms with Gasteiger partial charge in [-0.1, -0.05) is 24.3 Å².